The lowest BCUT2D eigenvalue weighted by molar-refractivity contribution is 1.06. The van der Waals surface area contributed by atoms with E-state index < -0.39 is 0 Å². The predicted molar refractivity (Wildman–Crippen MR) is 68.3 cm³/mol. The van der Waals surface area contributed by atoms with Gasteiger partial charge in [0.05, 0.1) is 12.4 Å². The van der Waals surface area contributed by atoms with Crippen molar-refractivity contribution in [2.45, 2.75) is 13.5 Å². The van der Waals surface area contributed by atoms with Gasteiger partial charge in [0.25, 0.3) is 0 Å². The summed E-state index contributed by atoms with van der Waals surface area (Å²) in [6.45, 7) is 2.80. The lowest BCUT2D eigenvalue weighted by atomic mass is 10.1. The maximum Gasteiger partial charge on any atom is 0.160 e. The fourth-order valence-electron chi connectivity index (χ4n) is 1.51. The number of rotatable bonds is 4. The minimum atomic E-state index is 0.541. The molecule has 0 aliphatic rings. The smallest absolute Gasteiger partial charge is 0.160 e. The normalized spacial score (nSPS) is 10.0. The van der Waals surface area contributed by atoms with E-state index in [0.29, 0.717) is 11.6 Å². The van der Waals surface area contributed by atoms with E-state index in [-0.39, 0.29) is 0 Å². The second-order valence-electron chi connectivity index (χ2n) is 3.71. The van der Waals surface area contributed by atoms with Crippen LogP contribution in [-0.2, 0) is 6.54 Å². The molecule has 0 atom stereocenters. The molecule has 4 N–H and O–H groups in total. The molecule has 0 spiro atoms. The number of anilines is 2. The first-order valence-corrected chi connectivity index (χ1v) is 5.36. The van der Waals surface area contributed by atoms with Gasteiger partial charge >= 0.3 is 0 Å². The van der Waals surface area contributed by atoms with E-state index in [1.165, 1.54) is 11.1 Å². The van der Waals surface area contributed by atoms with Crippen LogP contribution in [0.15, 0.2) is 36.7 Å². The van der Waals surface area contributed by atoms with Crippen molar-refractivity contribution in [2.24, 2.45) is 5.84 Å². The number of nitrogens with zero attached hydrogens (tertiary/aromatic N) is 2. The summed E-state index contributed by atoms with van der Waals surface area (Å²) in [5, 5.41) is 3.21. The van der Waals surface area contributed by atoms with Gasteiger partial charge in [0.1, 0.15) is 5.82 Å². The molecule has 1 aromatic heterocycles. The van der Waals surface area contributed by atoms with Crippen LogP contribution in [0.25, 0.3) is 0 Å². The SMILES string of the molecule is Cc1ccccc1CNc1cncc(NN)n1. The molecule has 1 aromatic carbocycles. The van der Waals surface area contributed by atoms with Crippen LogP contribution in [0.1, 0.15) is 11.1 Å². The Morgan fingerprint density at radius 3 is 2.71 bits per heavy atom. The van der Waals surface area contributed by atoms with E-state index in [2.05, 4.69) is 39.8 Å². The summed E-state index contributed by atoms with van der Waals surface area (Å²) in [6, 6.07) is 8.21. The van der Waals surface area contributed by atoms with Gasteiger partial charge < -0.3 is 10.7 Å². The summed E-state index contributed by atoms with van der Waals surface area (Å²) >= 11 is 0. The monoisotopic (exact) mass is 229 g/mol. The van der Waals surface area contributed by atoms with Crippen molar-refractivity contribution < 1.29 is 0 Å². The summed E-state index contributed by atoms with van der Waals surface area (Å²) in [5.74, 6) is 6.51. The van der Waals surface area contributed by atoms with Gasteiger partial charge in [0, 0.05) is 6.54 Å². The number of benzene rings is 1. The van der Waals surface area contributed by atoms with Gasteiger partial charge in [0.15, 0.2) is 5.82 Å². The predicted octanol–water partition coefficient (Wildman–Crippen LogP) is 1.68. The molecule has 0 saturated heterocycles. The number of nitrogens with two attached hydrogens (primary N) is 1. The number of nitrogens with one attached hydrogen (secondary N) is 2. The molecule has 0 bridgehead atoms. The largest absolute Gasteiger partial charge is 0.365 e. The fourth-order valence-corrected chi connectivity index (χ4v) is 1.51. The van der Waals surface area contributed by atoms with Crippen molar-refractivity contribution >= 4 is 11.6 Å². The molecule has 0 fully saturated rings. The van der Waals surface area contributed by atoms with Gasteiger partial charge in [-0.05, 0) is 18.1 Å². The summed E-state index contributed by atoms with van der Waals surface area (Å²) in [4.78, 5) is 8.25. The van der Waals surface area contributed by atoms with Crippen LogP contribution in [0.5, 0.6) is 0 Å². The molecule has 2 rings (SSSR count). The first-order chi connectivity index (χ1) is 8.29. The van der Waals surface area contributed by atoms with E-state index in [9.17, 15) is 0 Å². The van der Waals surface area contributed by atoms with Gasteiger partial charge in [0.2, 0.25) is 0 Å². The van der Waals surface area contributed by atoms with Crippen molar-refractivity contribution in [2.75, 3.05) is 10.7 Å². The maximum absolute atomic E-state index is 5.27. The zero-order valence-corrected chi connectivity index (χ0v) is 9.64. The molecule has 0 amide bonds. The van der Waals surface area contributed by atoms with Gasteiger partial charge in [-0.2, -0.15) is 0 Å². The van der Waals surface area contributed by atoms with Gasteiger partial charge in [-0.25, -0.2) is 10.8 Å². The molecule has 5 heteroatoms. The molecule has 0 saturated carbocycles. The van der Waals surface area contributed by atoms with Gasteiger partial charge in [-0.1, -0.05) is 24.3 Å². The fraction of sp³-hybridized carbons (Fsp3) is 0.167. The average molecular weight is 229 g/mol. The standard InChI is InChI=1S/C12H15N5/c1-9-4-2-3-5-10(9)6-15-11-7-14-8-12(16-11)17-13/h2-5,7-8H,6,13H2,1H3,(H2,15,16,17). The van der Waals surface area contributed by atoms with Crippen LogP contribution in [0.2, 0.25) is 0 Å². The molecule has 5 nitrogen and oxygen atoms in total. The molecular formula is C12H15N5. The molecule has 0 radical (unpaired) electrons. The topological polar surface area (TPSA) is 75.9 Å². The molecule has 0 unspecified atom stereocenters. The molecule has 0 aliphatic heterocycles. The highest BCUT2D eigenvalue weighted by Crippen LogP contribution is 2.10. The van der Waals surface area contributed by atoms with Crippen LogP contribution in [0.3, 0.4) is 0 Å². The lowest BCUT2D eigenvalue weighted by Crippen LogP contribution is -2.10. The molecule has 2 aromatic rings. The molecule has 1 heterocycles. The first-order valence-electron chi connectivity index (χ1n) is 5.36. The number of hydrogen-bond donors (Lipinski definition) is 3. The number of aromatic nitrogens is 2. The van der Waals surface area contributed by atoms with E-state index in [1.54, 1.807) is 12.4 Å². The Hall–Kier alpha value is -2.14. The Morgan fingerprint density at radius 2 is 1.94 bits per heavy atom. The molecule has 0 aliphatic carbocycles. The minimum Gasteiger partial charge on any atom is -0.365 e. The highest BCUT2D eigenvalue weighted by molar-refractivity contribution is 5.41. The zero-order chi connectivity index (χ0) is 12.1. The number of nitrogen functional groups attached to an aromatic ring is 1. The zero-order valence-electron chi connectivity index (χ0n) is 9.64. The third-order valence-electron chi connectivity index (χ3n) is 2.50. The number of hydrazine groups is 1. The maximum atomic E-state index is 5.27. The van der Waals surface area contributed by atoms with Crippen LogP contribution < -0.4 is 16.6 Å². The summed E-state index contributed by atoms with van der Waals surface area (Å²) in [5.41, 5.74) is 4.95. The van der Waals surface area contributed by atoms with E-state index in [4.69, 9.17) is 5.84 Å². The molecule has 88 valence electrons. The van der Waals surface area contributed by atoms with E-state index in [1.807, 2.05) is 12.1 Å². The first kappa shape index (κ1) is 11.3. The van der Waals surface area contributed by atoms with Crippen molar-refractivity contribution in [3.63, 3.8) is 0 Å². The number of hydrogen-bond acceptors (Lipinski definition) is 5. The van der Waals surface area contributed by atoms with Crippen LogP contribution in [0, 0.1) is 6.92 Å². The Bertz CT molecular complexity index is 498. The van der Waals surface area contributed by atoms with E-state index >= 15 is 0 Å². The van der Waals surface area contributed by atoms with Crippen LogP contribution in [-0.4, -0.2) is 9.97 Å². The Balaban J connectivity index is 2.05. The highest BCUT2D eigenvalue weighted by Gasteiger charge is 1.99. The summed E-state index contributed by atoms with van der Waals surface area (Å²) < 4.78 is 0. The quantitative estimate of drug-likeness (QED) is 0.549. The van der Waals surface area contributed by atoms with Crippen molar-refractivity contribution in [1.29, 1.82) is 0 Å². The average Bonchev–Trinajstić information content (AvgIpc) is 2.38. The minimum absolute atomic E-state index is 0.541. The van der Waals surface area contributed by atoms with Crippen molar-refractivity contribution in [3.05, 3.63) is 47.8 Å². The Kier molecular flexibility index (Phi) is 3.52. The van der Waals surface area contributed by atoms with E-state index in [0.717, 1.165) is 6.54 Å². The molecular weight excluding hydrogens is 214 g/mol. The molecule has 17 heavy (non-hydrogen) atoms. The van der Waals surface area contributed by atoms with Crippen molar-refractivity contribution in [1.82, 2.24) is 9.97 Å². The van der Waals surface area contributed by atoms with Crippen molar-refractivity contribution in [3.8, 4) is 0 Å². The summed E-state index contributed by atoms with van der Waals surface area (Å²) in [7, 11) is 0. The van der Waals surface area contributed by atoms with Crippen LogP contribution in [0.4, 0.5) is 11.6 Å². The Morgan fingerprint density at radius 1 is 1.18 bits per heavy atom. The van der Waals surface area contributed by atoms with Gasteiger partial charge in [-0.3, -0.25) is 4.98 Å². The number of aryl methyl sites for hydroxylation is 1. The third-order valence-corrected chi connectivity index (χ3v) is 2.50. The highest BCUT2D eigenvalue weighted by atomic mass is 15.3. The summed E-state index contributed by atoms with van der Waals surface area (Å²) in [6.07, 6.45) is 3.23. The lowest BCUT2D eigenvalue weighted by Gasteiger charge is -2.08. The second-order valence-corrected chi connectivity index (χ2v) is 3.71. The Labute approximate surface area is 100 Å². The van der Waals surface area contributed by atoms with Crippen LogP contribution >= 0.6 is 0 Å². The third kappa shape index (κ3) is 2.92. The second kappa shape index (κ2) is 5.27. The van der Waals surface area contributed by atoms with Gasteiger partial charge in [-0.15, -0.1) is 0 Å².